The fourth-order valence-corrected chi connectivity index (χ4v) is 5.71. The van der Waals surface area contributed by atoms with Crippen LogP contribution in [0.2, 0.25) is 0 Å². The van der Waals surface area contributed by atoms with Crippen LogP contribution in [0.3, 0.4) is 0 Å². The first-order chi connectivity index (χ1) is 12.2. The van der Waals surface area contributed by atoms with Crippen LogP contribution in [-0.4, -0.2) is 48.9 Å². The van der Waals surface area contributed by atoms with Crippen LogP contribution in [0.4, 0.5) is 0 Å². The van der Waals surface area contributed by atoms with Crippen molar-refractivity contribution in [1.82, 2.24) is 15.5 Å². The number of hydrogen-bond acceptors (Lipinski definition) is 3. The lowest BCUT2D eigenvalue weighted by atomic mass is 9.86. The third-order valence-electron chi connectivity index (χ3n) is 7.13. The Morgan fingerprint density at radius 1 is 1.08 bits per heavy atom. The summed E-state index contributed by atoms with van der Waals surface area (Å²) in [7, 11) is 0. The SMILES string of the molecule is O=C(NC[C@@H]1CCCN(C(=O)C[C@@H]2C[C@H]3CC[C@H]2C3)C1)[C@@H]1CCCN1. The summed E-state index contributed by atoms with van der Waals surface area (Å²) in [6.45, 7) is 3.41. The van der Waals surface area contributed by atoms with E-state index < -0.39 is 0 Å². The molecule has 5 atom stereocenters. The monoisotopic (exact) mass is 347 g/mol. The summed E-state index contributed by atoms with van der Waals surface area (Å²) in [5.74, 6) is 3.32. The summed E-state index contributed by atoms with van der Waals surface area (Å²) < 4.78 is 0. The van der Waals surface area contributed by atoms with Crippen LogP contribution < -0.4 is 10.6 Å². The van der Waals surface area contributed by atoms with Crippen molar-refractivity contribution in [3.8, 4) is 0 Å². The van der Waals surface area contributed by atoms with Crippen molar-refractivity contribution < 1.29 is 9.59 Å². The lowest BCUT2D eigenvalue weighted by Crippen LogP contribution is -2.47. The molecule has 4 fully saturated rings. The van der Waals surface area contributed by atoms with Gasteiger partial charge in [0.2, 0.25) is 11.8 Å². The van der Waals surface area contributed by atoms with Gasteiger partial charge in [0, 0.05) is 26.1 Å². The van der Waals surface area contributed by atoms with Gasteiger partial charge < -0.3 is 15.5 Å². The summed E-state index contributed by atoms with van der Waals surface area (Å²) in [4.78, 5) is 27.0. The van der Waals surface area contributed by atoms with Crippen molar-refractivity contribution in [3.63, 3.8) is 0 Å². The Kier molecular flexibility index (Phi) is 5.30. The smallest absolute Gasteiger partial charge is 0.237 e. The first-order valence-electron chi connectivity index (χ1n) is 10.5. The van der Waals surface area contributed by atoms with E-state index in [4.69, 9.17) is 0 Å². The van der Waals surface area contributed by atoms with E-state index in [1.807, 2.05) is 0 Å². The molecule has 0 spiro atoms. The summed E-state index contributed by atoms with van der Waals surface area (Å²) in [6, 6.07) is -0.000820. The van der Waals surface area contributed by atoms with Gasteiger partial charge >= 0.3 is 0 Å². The van der Waals surface area contributed by atoms with E-state index in [2.05, 4.69) is 15.5 Å². The highest BCUT2D eigenvalue weighted by molar-refractivity contribution is 5.82. The molecule has 4 rings (SSSR count). The number of fused-ring (bicyclic) bond motifs is 2. The van der Waals surface area contributed by atoms with Gasteiger partial charge in [0.25, 0.3) is 0 Å². The number of likely N-dealkylation sites (tertiary alicyclic amines) is 1. The predicted octanol–water partition coefficient (Wildman–Crippen LogP) is 1.92. The lowest BCUT2D eigenvalue weighted by molar-refractivity contribution is -0.134. The normalized spacial score (nSPS) is 37.4. The molecule has 5 heteroatoms. The average Bonchev–Trinajstić information content (AvgIpc) is 3.37. The predicted molar refractivity (Wildman–Crippen MR) is 96.9 cm³/mol. The minimum Gasteiger partial charge on any atom is -0.354 e. The van der Waals surface area contributed by atoms with Crippen LogP contribution in [-0.2, 0) is 9.59 Å². The van der Waals surface area contributed by atoms with Gasteiger partial charge in [-0.1, -0.05) is 6.42 Å². The number of piperidine rings is 1. The van der Waals surface area contributed by atoms with E-state index in [9.17, 15) is 9.59 Å². The first kappa shape index (κ1) is 17.3. The maximum atomic E-state index is 12.8. The molecule has 2 N–H and O–H groups in total. The maximum absolute atomic E-state index is 12.8. The van der Waals surface area contributed by atoms with Crippen LogP contribution in [0.15, 0.2) is 0 Å². The number of nitrogens with one attached hydrogen (secondary N) is 2. The van der Waals surface area contributed by atoms with Gasteiger partial charge in [-0.25, -0.2) is 0 Å². The highest BCUT2D eigenvalue weighted by Crippen LogP contribution is 2.49. The van der Waals surface area contributed by atoms with Gasteiger partial charge in [-0.3, -0.25) is 9.59 Å². The fourth-order valence-electron chi connectivity index (χ4n) is 5.71. The summed E-state index contributed by atoms with van der Waals surface area (Å²) in [6.07, 6.45) is 10.4. The zero-order valence-electron chi connectivity index (χ0n) is 15.3. The minimum absolute atomic E-state index is 0.000820. The van der Waals surface area contributed by atoms with E-state index in [-0.39, 0.29) is 11.9 Å². The van der Waals surface area contributed by atoms with Gasteiger partial charge in [-0.05, 0) is 75.2 Å². The first-order valence-corrected chi connectivity index (χ1v) is 10.5. The molecule has 2 bridgehead atoms. The van der Waals surface area contributed by atoms with Crippen LogP contribution >= 0.6 is 0 Å². The number of nitrogens with zero attached hydrogens (tertiary/aromatic N) is 1. The third-order valence-corrected chi connectivity index (χ3v) is 7.13. The van der Waals surface area contributed by atoms with Crippen molar-refractivity contribution in [3.05, 3.63) is 0 Å². The van der Waals surface area contributed by atoms with Crippen molar-refractivity contribution in [2.45, 2.75) is 63.8 Å². The molecule has 2 saturated carbocycles. The quantitative estimate of drug-likeness (QED) is 0.799. The molecule has 5 nitrogen and oxygen atoms in total. The Bertz CT molecular complexity index is 503. The molecule has 4 aliphatic rings. The zero-order valence-corrected chi connectivity index (χ0v) is 15.3. The second-order valence-corrected chi connectivity index (χ2v) is 8.88. The molecule has 0 unspecified atom stereocenters. The van der Waals surface area contributed by atoms with Crippen LogP contribution in [0.5, 0.6) is 0 Å². The highest BCUT2D eigenvalue weighted by atomic mass is 16.2. The van der Waals surface area contributed by atoms with Gasteiger partial charge in [-0.15, -0.1) is 0 Å². The van der Waals surface area contributed by atoms with E-state index in [1.54, 1.807) is 0 Å². The third kappa shape index (κ3) is 4.02. The number of rotatable bonds is 5. The fraction of sp³-hybridized carbons (Fsp3) is 0.900. The van der Waals surface area contributed by atoms with Gasteiger partial charge in [0.1, 0.15) is 0 Å². The number of carbonyl (C=O) groups excluding carboxylic acids is 2. The topological polar surface area (TPSA) is 61.4 Å². The largest absolute Gasteiger partial charge is 0.354 e. The molecule has 0 aromatic heterocycles. The Morgan fingerprint density at radius 3 is 2.72 bits per heavy atom. The van der Waals surface area contributed by atoms with E-state index >= 15 is 0 Å². The van der Waals surface area contributed by atoms with Crippen molar-refractivity contribution in [2.24, 2.45) is 23.7 Å². The molecular formula is C20H33N3O2. The number of carbonyl (C=O) groups is 2. The number of amides is 2. The molecule has 25 heavy (non-hydrogen) atoms. The molecule has 0 aromatic carbocycles. The zero-order chi connectivity index (χ0) is 17.2. The van der Waals surface area contributed by atoms with E-state index in [0.717, 1.165) is 70.1 Å². The van der Waals surface area contributed by atoms with Crippen LogP contribution in [0, 0.1) is 23.7 Å². The lowest BCUT2D eigenvalue weighted by Gasteiger charge is -2.34. The molecule has 2 amide bonds. The van der Waals surface area contributed by atoms with Crippen LogP contribution in [0.25, 0.3) is 0 Å². The molecule has 0 aromatic rings. The van der Waals surface area contributed by atoms with E-state index in [0.29, 0.717) is 17.7 Å². The maximum Gasteiger partial charge on any atom is 0.237 e. The second kappa shape index (κ2) is 7.65. The van der Waals surface area contributed by atoms with Crippen molar-refractivity contribution in [2.75, 3.05) is 26.2 Å². The Morgan fingerprint density at radius 2 is 2.00 bits per heavy atom. The summed E-state index contributed by atoms with van der Waals surface area (Å²) in [5.41, 5.74) is 0. The van der Waals surface area contributed by atoms with Crippen LogP contribution in [0.1, 0.15) is 57.8 Å². The molecule has 2 aliphatic carbocycles. The molecule has 2 heterocycles. The summed E-state index contributed by atoms with van der Waals surface area (Å²) >= 11 is 0. The average molecular weight is 348 g/mol. The molecule has 0 radical (unpaired) electrons. The Labute approximate surface area is 151 Å². The minimum atomic E-state index is -0.000820. The van der Waals surface area contributed by atoms with Gasteiger partial charge in [0.15, 0.2) is 0 Å². The Hall–Kier alpha value is -1.10. The standard InChI is InChI=1S/C20H33N3O2/c24-19(11-17-10-14-5-6-16(17)9-14)23-8-2-3-15(13-23)12-22-20(25)18-4-1-7-21-18/h14-18,21H,1-13H2,(H,22,25)/t14-,15-,16-,17-,18-/m0/s1. The molecule has 140 valence electrons. The highest BCUT2D eigenvalue weighted by Gasteiger charge is 2.41. The number of hydrogen-bond donors (Lipinski definition) is 2. The van der Waals surface area contributed by atoms with E-state index in [1.165, 1.54) is 25.7 Å². The Balaban J connectivity index is 1.21. The van der Waals surface area contributed by atoms with Gasteiger partial charge in [0.05, 0.1) is 6.04 Å². The van der Waals surface area contributed by atoms with Gasteiger partial charge in [-0.2, -0.15) is 0 Å². The molecule has 2 aliphatic heterocycles. The molecular weight excluding hydrogens is 314 g/mol. The second-order valence-electron chi connectivity index (χ2n) is 8.88. The van der Waals surface area contributed by atoms with Crippen molar-refractivity contribution in [1.29, 1.82) is 0 Å². The molecule has 2 saturated heterocycles. The van der Waals surface area contributed by atoms with Crippen molar-refractivity contribution >= 4 is 11.8 Å². The summed E-state index contributed by atoms with van der Waals surface area (Å²) in [5, 5.41) is 6.36.